The zero-order valence-electron chi connectivity index (χ0n) is 20.8. The molecule has 0 heterocycles. The van der Waals surface area contributed by atoms with Crippen LogP contribution in [-0.2, 0) is 0 Å². The van der Waals surface area contributed by atoms with Crippen LogP contribution in [0.25, 0.3) is 11.1 Å². The van der Waals surface area contributed by atoms with Crippen molar-refractivity contribution in [2.24, 2.45) is 5.92 Å². The van der Waals surface area contributed by atoms with Gasteiger partial charge in [-0.25, -0.2) is 0 Å². The lowest BCUT2D eigenvalue weighted by atomic mass is 9.79. The monoisotopic (exact) mass is 434 g/mol. The van der Waals surface area contributed by atoms with Crippen LogP contribution < -0.4 is 4.74 Å². The van der Waals surface area contributed by atoms with Crippen LogP contribution in [0.5, 0.6) is 5.75 Å². The molecule has 1 saturated carbocycles. The van der Waals surface area contributed by atoms with Gasteiger partial charge in [0.25, 0.3) is 0 Å². The molecule has 0 amide bonds. The molecule has 2 aromatic rings. The van der Waals surface area contributed by atoms with Gasteiger partial charge in [-0.2, -0.15) is 0 Å². The molecule has 1 nitrogen and oxygen atoms in total. The average Bonchev–Trinajstić information content (AvgIpc) is 2.84. The van der Waals surface area contributed by atoms with Crippen molar-refractivity contribution in [2.45, 2.75) is 110 Å². The second kappa shape index (κ2) is 14.4. The molecule has 176 valence electrons. The zero-order valence-corrected chi connectivity index (χ0v) is 20.8. The first kappa shape index (κ1) is 24.9. The number of unbranched alkanes of at least 4 members (excludes halogenated alkanes) is 9. The molecule has 0 aliphatic heterocycles. The molecule has 0 spiro atoms. The Balaban J connectivity index is 1.31. The standard InChI is InChI=1S/C31H46O/c1-3-4-5-6-7-8-9-10-11-12-25-32-31-23-21-30(22-24-31)29-19-17-28(18-20-29)27-15-13-26(2)14-16-27/h17-24,26-27H,3-16,25H2,1-2H3. The van der Waals surface area contributed by atoms with Crippen molar-refractivity contribution < 1.29 is 4.74 Å². The number of hydrogen-bond donors (Lipinski definition) is 0. The normalized spacial score (nSPS) is 18.6. The van der Waals surface area contributed by atoms with Crippen LogP contribution >= 0.6 is 0 Å². The summed E-state index contributed by atoms with van der Waals surface area (Å²) in [6, 6.07) is 18.0. The van der Waals surface area contributed by atoms with Crippen molar-refractivity contribution in [3.63, 3.8) is 0 Å². The van der Waals surface area contributed by atoms with Crippen LogP contribution in [0.4, 0.5) is 0 Å². The molecule has 0 atom stereocenters. The van der Waals surface area contributed by atoms with E-state index in [0.29, 0.717) is 0 Å². The Morgan fingerprint density at radius 3 is 1.69 bits per heavy atom. The van der Waals surface area contributed by atoms with Crippen molar-refractivity contribution in [3.8, 4) is 16.9 Å². The van der Waals surface area contributed by atoms with Gasteiger partial charge in [0, 0.05) is 0 Å². The molecule has 1 heteroatoms. The lowest BCUT2D eigenvalue weighted by molar-refractivity contribution is 0.304. The quantitative estimate of drug-likeness (QED) is 0.269. The van der Waals surface area contributed by atoms with Crippen LogP contribution in [-0.4, -0.2) is 6.61 Å². The third-order valence-electron chi connectivity index (χ3n) is 7.35. The smallest absolute Gasteiger partial charge is 0.119 e. The summed E-state index contributed by atoms with van der Waals surface area (Å²) in [5, 5.41) is 0. The van der Waals surface area contributed by atoms with Gasteiger partial charge >= 0.3 is 0 Å². The lowest BCUT2D eigenvalue weighted by Crippen LogP contribution is -2.10. The fourth-order valence-corrected chi connectivity index (χ4v) is 5.06. The highest BCUT2D eigenvalue weighted by molar-refractivity contribution is 5.64. The maximum absolute atomic E-state index is 5.98. The molecule has 2 aromatic carbocycles. The van der Waals surface area contributed by atoms with E-state index in [0.717, 1.165) is 24.2 Å². The molecule has 0 saturated heterocycles. The van der Waals surface area contributed by atoms with Gasteiger partial charge in [0.05, 0.1) is 6.61 Å². The van der Waals surface area contributed by atoms with Gasteiger partial charge in [-0.05, 0) is 59.9 Å². The maximum Gasteiger partial charge on any atom is 0.119 e. The molecule has 1 aliphatic rings. The van der Waals surface area contributed by atoms with E-state index in [2.05, 4.69) is 62.4 Å². The molecule has 1 fully saturated rings. The van der Waals surface area contributed by atoms with Gasteiger partial charge in [0.15, 0.2) is 0 Å². The van der Waals surface area contributed by atoms with Crippen molar-refractivity contribution in [1.29, 1.82) is 0 Å². The molecule has 1 aliphatic carbocycles. The number of benzene rings is 2. The highest BCUT2D eigenvalue weighted by atomic mass is 16.5. The van der Waals surface area contributed by atoms with Crippen molar-refractivity contribution in [2.75, 3.05) is 6.61 Å². The molecular weight excluding hydrogens is 388 g/mol. The second-order valence-corrected chi connectivity index (χ2v) is 10.1. The minimum absolute atomic E-state index is 0.766. The number of ether oxygens (including phenoxy) is 1. The third kappa shape index (κ3) is 8.64. The molecule has 3 rings (SSSR count). The van der Waals surface area contributed by atoms with Crippen molar-refractivity contribution in [1.82, 2.24) is 0 Å². The fourth-order valence-electron chi connectivity index (χ4n) is 5.06. The minimum Gasteiger partial charge on any atom is -0.494 e. The van der Waals surface area contributed by atoms with E-state index in [1.165, 1.54) is 107 Å². The van der Waals surface area contributed by atoms with E-state index in [1.807, 2.05) is 0 Å². The minimum atomic E-state index is 0.766. The van der Waals surface area contributed by atoms with Crippen LogP contribution in [0.2, 0.25) is 0 Å². The van der Waals surface area contributed by atoms with Gasteiger partial charge in [-0.15, -0.1) is 0 Å². The molecule has 0 N–H and O–H groups in total. The zero-order chi connectivity index (χ0) is 22.4. The van der Waals surface area contributed by atoms with Gasteiger partial charge < -0.3 is 4.74 Å². The summed E-state index contributed by atoms with van der Waals surface area (Å²) in [5.41, 5.74) is 4.11. The van der Waals surface area contributed by atoms with E-state index in [1.54, 1.807) is 0 Å². The molecule has 0 unspecified atom stereocenters. The Morgan fingerprint density at radius 2 is 1.12 bits per heavy atom. The molecule has 32 heavy (non-hydrogen) atoms. The number of rotatable bonds is 14. The summed E-state index contributed by atoms with van der Waals surface area (Å²) in [6.07, 6.45) is 19.1. The Hall–Kier alpha value is -1.76. The van der Waals surface area contributed by atoms with Crippen molar-refractivity contribution in [3.05, 3.63) is 54.1 Å². The third-order valence-corrected chi connectivity index (χ3v) is 7.35. The van der Waals surface area contributed by atoms with Gasteiger partial charge in [-0.3, -0.25) is 0 Å². The topological polar surface area (TPSA) is 9.23 Å². The largest absolute Gasteiger partial charge is 0.494 e. The first-order valence-corrected chi connectivity index (χ1v) is 13.6. The first-order valence-electron chi connectivity index (χ1n) is 13.6. The molecular formula is C31H46O. The molecule has 0 bridgehead atoms. The molecule has 0 radical (unpaired) electrons. The summed E-state index contributed by atoms with van der Waals surface area (Å²) in [6.45, 7) is 5.52. The van der Waals surface area contributed by atoms with E-state index in [4.69, 9.17) is 4.74 Å². The van der Waals surface area contributed by atoms with Gasteiger partial charge in [0.1, 0.15) is 5.75 Å². The molecule has 0 aromatic heterocycles. The van der Waals surface area contributed by atoms with Gasteiger partial charge in [-0.1, -0.05) is 121 Å². The maximum atomic E-state index is 5.98. The van der Waals surface area contributed by atoms with Crippen molar-refractivity contribution >= 4 is 0 Å². The Morgan fingerprint density at radius 1 is 0.625 bits per heavy atom. The fraction of sp³-hybridized carbons (Fsp3) is 0.613. The Kier molecular flexibility index (Phi) is 11.2. The summed E-state index contributed by atoms with van der Waals surface area (Å²) < 4.78 is 5.98. The predicted octanol–water partition coefficient (Wildman–Crippen LogP) is 9.95. The highest BCUT2D eigenvalue weighted by Gasteiger charge is 2.19. The van der Waals surface area contributed by atoms with E-state index in [-0.39, 0.29) is 0 Å². The van der Waals surface area contributed by atoms with Crippen LogP contribution in [0.15, 0.2) is 48.5 Å². The van der Waals surface area contributed by atoms with Crippen LogP contribution in [0.3, 0.4) is 0 Å². The number of hydrogen-bond acceptors (Lipinski definition) is 1. The average molecular weight is 435 g/mol. The predicted molar refractivity (Wildman–Crippen MR) is 140 cm³/mol. The van der Waals surface area contributed by atoms with Crippen LogP contribution in [0, 0.1) is 5.92 Å². The highest BCUT2D eigenvalue weighted by Crippen LogP contribution is 2.36. The summed E-state index contributed by atoms with van der Waals surface area (Å²) >= 11 is 0. The first-order chi connectivity index (χ1) is 15.8. The SMILES string of the molecule is CCCCCCCCCCCCOc1ccc(-c2ccc(C3CCC(C)CC3)cc2)cc1. The Bertz CT molecular complexity index is 722. The lowest BCUT2D eigenvalue weighted by Gasteiger charge is -2.26. The van der Waals surface area contributed by atoms with E-state index in [9.17, 15) is 0 Å². The van der Waals surface area contributed by atoms with E-state index < -0.39 is 0 Å². The van der Waals surface area contributed by atoms with Gasteiger partial charge in [0.2, 0.25) is 0 Å². The Labute approximate surface area is 198 Å². The second-order valence-electron chi connectivity index (χ2n) is 10.1. The van der Waals surface area contributed by atoms with E-state index >= 15 is 0 Å². The summed E-state index contributed by atoms with van der Waals surface area (Å²) in [5.74, 6) is 2.68. The summed E-state index contributed by atoms with van der Waals surface area (Å²) in [4.78, 5) is 0. The summed E-state index contributed by atoms with van der Waals surface area (Å²) in [7, 11) is 0. The van der Waals surface area contributed by atoms with Crippen LogP contribution in [0.1, 0.15) is 115 Å².